The highest BCUT2D eigenvalue weighted by Crippen LogP contribution is 2.28. The van der Waals surface area contributed by atoms with Crippen molar-refractivity contribution in [1.82, 2.24) is 4.90 Å². The molecule has 1 saturated heterocycles. The number of nitrogens with zero attached hydrogens (tertiary/aromatic N) is 1. The molecule has 0 saturated carbocycles. The quantitative estimate of drug-likeness (QED) is 0.865. The zero-order chi connectivity index (χ0) is 15.5. The lowest BCUT2D eigenvalue weighted by molar-refractivity contribution is -0.125. The zero-order valence-electron chi connectivity index (χ0n) is 12.1. The number of carbonyl (C=O) groups is 1. The van der Waals surface area contributed by atoms with Crippen molar-refractivity contribution in [3.8, 4) is 5.75 Å². The number of piperidine rings is 1. The average Bonchev–Trinajstić information content (AvgIpc) is 2.39. The SMILES string of the molecule is COc1cc(CN2CCCC(O)(CC(N)=O)C2)ccc1Cl. The largest absolute Gasteiger partial charge is 0.495 e. The third-order valence-corrected chi connectivity index (χ3v) is 4.07. The minimum atomic E-state index is -1.01. The van der Waals surface area contributed by atoms with Crippen molar-refractivity contribution >= 4 is 17.5 Å². The summed E-state index contributed by atoms with van der Waals surface area (Å²) < 4.78 is 5.21. The van der Waals surface area contributed by atoms with Crippen molar-refractivity contribution < 1.29 is 14.6 Å². The number of hydrogen-bond acceptors (Lipinski definition) is 4. The molecule has 1 amide bonds. The highest BCUT2D eigenvalue weighted by Gasteiger charge is 2.34. The Bertz CT molecular complexity index is 524. The fourth-order valence-corrected chi connectivity index (χ4v) is 3.07. The number of likely N-dealkylation sites (tertiary alicyclic amines) is 1. The molecule has 1 atom stereocenters. The number of carbonyl (C=O) groups excluding carboxylic acids is 1. The van der Waals surface area contributed by atoms with Gasteiger partial charge in [-0.05, 0) is 37.1 Å². The van der Waals surface area contributed by atoms with Crippen LogP contribution in [0, 0.1) is 0 Å². The van der Waals surface area contributed by atoms with Crippen LogP contribution in [0.1, 0.15) is 24.8 Å². The van der Waals surface area contributed by atoms with Crippen molar-refractivity contribution in [3.05, 3.63) is 28.8 Å². The van der Waals surface area contributed by atoms with Gasteiger partial charge < -0.3 is 15.6 Å². The highest BCUT2D eigenvalue weighted by molar-refractivity contribution is 6.32. The molecule has 1 unspecified atom stereocenters. The summed E-state index contributed by atoms with van der Waals surface area (Å²) in [7, 11) is 1.58. The molecule has 21 heavy (non-hydrogen) atoms. The first-order chi connectivity index (χ1) is 9.92. The van der Waals surface area contributed by atoms with Crippen molar-refractivity contribution in [2.75, 3.05) is 20.2 Å². The van der Waals surface area contributed by atoms with Crippen molar-refractivity contribution in [2.45, 2.75) is 31.4 Å². The molecule has 0 bridgehead atoms. The third-order valence-electron chi connectivity index (χ3n) is 3.76. The van der Waals surface area contributed by atoms with Gasteiger partial charge in [-0.2, -0.15) is 0 Å². The van der Waals surface area contributed by atoms with E-state index in [2.05, 4.69) is 4.90 Å². The van der Waals surface area contributed by atoms with Crippen LogP contribution < -0.4 is 10.5 Å². The van der Waals surface area contributed by atoms with E-state index in [1.54, 1.807) is 13.2 Å². The van der Waals surface area contributed by atoms with E-state index in [4.69, 9.17) is 22.1 Å². The van der Waals surface area contributed by atoms with Gasteiger partial charge in [0.15, 0.2) is 0 Å². The molecule has 0 aromatic heterocycles. The van der Waals surface area contributed by atoms with Crippen LogP contribution >= 0.6 is 11.6 Å². The molecule has 0 spiro atoms. The van der Waals surface area contributed by atoms with E-state index < -0.39 is 11.5 Å². The lowest BCUT2D eigenvalue weighted by Gasteiger charge is -2.38. The van der Waals surface area contributed by atoms with E-state index in [1.165, 1.54) is 0 Å². The van der Waals surface area contributed by atoms with Crippen LogP contribution in [-0.4, -0.2) is 41.7 Å². The summed E-state index contributed by atoms with van der Waals surface area (Å²) in [5.41, 5.74) is 5.25. The van der Waals surface area contributed by atoms with Gasteiger partial charge in [0.2, 0.25) is 5.91 Å². The van der Waals surface area contributed by atoms with Gasteiger partial charge in [-0.25, -0.2) is 0 Å². The monoisotopic (exact) mass is 312 g/mol. The Kier molecular flexibility index (Phi) is 5.08. The third kappa shape index (κ3) is 4.33. The van der Waals surface area contributed by atoms with Gasteiger partial charge in [-0.15, -0.1) is 0 Å². The fourth-order valence-electron chi connectivity index (χ4n) is 2.87. The Morgan fingerprint density at radius 3 is 3.00 bits per heavy atom. The number of halogens is 1. The smallest absolute Gasteiger partial charge is 0.220 e. The molecule has 116 valence electrons. The Morgan fingerprint density at radius 1 is 1.57 bits per heavy atom. The summed E-state index contributed by atoms with van der Waals surface area (Å²) in [6.45, 7) is 2.00. The van der Waals surface area contributed by atoms with E-state index in [-0.39, 0.29) is 6.42 Å². The van der Waals surface area contributed by atoms with Gasteiger partial charge >= 0.3 is 0 Å². The first kappa shape index (κ1) is 16.1. The maximum absolute atomic E-state index is 11.1. The van der Waals surface area contributed by atoms with Crippen LogP contribution in [0.4, 0.5) is 0 Å². The molecular formula is C15H21ClN2O3. The van der Waals surface area contributed by atoms with Crippen LogP contribution in [0.15, 0.2) is 18.2 Å². The van der Waals surface area contributed by atoms with Crippen LogP contribution in [0.25, 0.3) is 0 Å². The second kappa shape index (κ2) is 6.64. The number of ether oxygens (including phenoxy) is 1. The number of primary amides is 1. The van der Waals surface area contributed by atoms with Gasteiger partial charge in [0.05, 0.1) is 24.2 Å². The summed E-state index contributed by atoms with van der Waals surface area (Å²) in [5.74, 6) is 0.172. The summed E-state index contributed by atoms with van der Waals surface area (Å²) in [6.07, 6.45) is 1.46. The molecule has 1 heterocycles. The van der Waals surface area contributed by atoms with Crippen molar-refractivity contribution in [2.24, 2.45) is 5.73 Å². The molecule has 0 radical (unpaired) electrons. The lowest BCUT2D eigenvalue weighted by atomic mass is 9.89. The normalized spacial score (nSPS) is 23.0. The standard InChI is InChI=1S/C15H21ClN2O3/c1-21-13-7-11(3-4-12(13)16)9-18-6-2-5-15(20,10-18)8-14(17)19/h3-4,7,20H,2,5-6,8-10H2,1H3,(H2,17,19). The Morgan fingerprint density at radius 2 is 2.33 bits per heavy atom. The predicted molar refractivity (Wildman–Crippen MR) is 81.3 cm³/mol. The number of hydrogen-bond donors (Lipinski definition) is 2. The second-order valence-corrected chi connectivity index (χ2v) is 6.06. The number of nitrogens with two attached hydrogens (primary N) is 1. The molecule has 3 N–H and O–H groups in total. The predicted octanol–water partition coefficient (Wildman–Crippen LogP) is 1.55. The minimum absolute atomic E-state index is 0.00738. The summed E-state index contributed by atoms with van der Waals surface area (Å²) in [5, 5.41) is 11.0. The Labute approximate surface area is 129 Å². The van der Waals surface area contributed by atoms with Gasteiger partial charge in [0.1, 0.15) is 5.75 Å². The summed E-state index contributed by atoms with van der Waals surface area (Å²) in [6, 6.07) is 5.63. The average molecular weight is 313 g/mol. The molecule has 1 aromatic carbocycles. The molecule has 2 rings (SSSR count). The van der Waals surface area contributed by atoms with Crippen LogP contribution in [0.2, 0.25) is 5.02 Å². The number of benzene rings is 1. The van der Waals surface area contributed by atoms with Gasteiger partial charge in [-0.1, -0.05) is 17.7 Å². The molecule has 1 fully saturated rings. The molecule has 1 aliphatic rings. The van der Waals surface area contributed by atoms with Crippen molar-refractivity contribution in [3.63, 3.8) is 0 Å². The second-order valence-electron chi connectivity index (χ2n) is 5.65. The van der Waals surface area contributed by atoms with E-state index in [9.17, 15) is 9.90 Å². The maximum atomic E-state index is 11.1. The number of methoxy groups -OCH3 is 1. The fraction of sp³-hybridized carbons (Fsp3) is 0.533. The molecule has 0 aliphatic carbocycles. The molecule has 1 aliphatic heterocycles. The van der Waals surface area contributed by atoms with E-state index in [0.29, 0.717) is 30.3 Å². The lowest BCUT2D eigenvalue weighted by Crippen LogP contribution is -2.49. The number of aliphatic hydroxyl groups is 1. The van der Waals surface area contributed by atoms with Gasteiger partial charge in [0, 0.05) is 13.1 Å². The van der Waals surface area contributed by atoms with Crippen LogP contribution in [0.5, 0.6) is 5.75 Å². The van der Waals surface area contributed by atoms with E-state index in [0.717, 1.165) is 18.5 Å². The molecule has 1 aromatic rings. The summed E-state index contributed by atoms with van der Waals surface area (Å²) in [4.78, 5) is 13.2. The number of β-amino-alcohol motifs (C(OH)–C–C–N with tert-alkyl or cyclic N) is 1. The highest BCUT2D eigenvalue weighted by atomic mass is 35.5. The summed E-state index contributed by atoms with van der Waals surface area (Å²) >= 11 is 6.01. The Balaban J connectivity index is 2.04. The maximum Gasteiger partial charge on any atom is 0.220 e. The van der Waals surface area contributed by atoms with Crippen LogP contribution in [-0.2, 0) is 11.3 Å². The van der Waals surface area contributed by atoms with Gasteiger partial charge in [0.25, 0.3) is 0 Å². The Hall–Kier alpha value is -1.30. The van der Waals surface area contributed by atoms with Gasteiger partial charge in [-0.3, -0.25) is 9.69 Å². The number of amides is 1. The zero-order valence-corrected chi connectivity index (χ0v) is 12.9. The van der Waals surface area contributed by atoms with E-state index in [1.807, 2.05) is 12.1 Å². The molecular weight excluding hydrogens is 292 g/mol. The first-order valence-electron chi connectivity index (χ1n) is 6.97. The topological polar surface area (TPSA) is 75.8 Å². The van der Waals surface area contributed by atoms with Crippen LogP contribution in [0.3, 0.4) is 0 Å². The first-order valence-corrected chi connectivity index (χ1v) is 7.35. The minimum Gasteiger partial charge on any atom is -0.495 e. The number of rotatable bonds is 5. The molecule has 6 heteroatoms. The van der Waals surface area contributed by atoms with E-state index >= 15 is 0 Å². The molecule has 5 nitrogen and oxygen atoms in total. The van der Waals surface area contributed by atoms with Crippen molar-refractivity contribution in [1.29, 1.82) is 0 Å².